The number of rotatable bonds is 4. The van der Waals surface area contributed by atoms with Crippen LogP contribution in [-0.4, -0.2) is 25.7 Å². The summed E-state index contributed by atoms with van der Waals surface area (Å²) < 4.78 is 41.5. The average molecular weight is 409 g/mol. The van der Waals surface area contributed by atoms with Gasteiger partial charge in [0.25, 0.3) is 5.91 Å². The second kappa shape index (κ2) is 7.78. The molecule has 0 bridgehead atoms. The van der Waals surface area contributed by atoms with Gasteiger partial charge in [-0.25, -0.2) is 4.68 Å². The summed E-state index contributed by atoms with van der Waals surface area (Å²) in [7, 11) is 0. The van der Waals surface area contributed by atoms with Crippen molar-refractivity contribution in [2.24, 2.45) is 0 Å². The highest BCUT2D eigenvalue weighted by Crippen LogP contribution is 2.34. The van der Waals surface area contributed by atoms with E-state index in [1.54, 1.807) is 30.5 Å². The normalized spacial score (nSPS) is 11.3. The fourth-order valence-corrected chi connectivity index (χ4v) is 2.82. The lowest BCUT2D eigenvalue weighted by atomic mass is 10.2. The Balaban J connectivity index is 1.64. The van der Waals surface area contributed by atoms with Crippen LogP contribution in [0.3, 0.4) is 0 Å². The van der Waals surface area contributed by atoms with E-state index in [0.29, 0.717) is 16.8 Å². The van der Waals surface area contributed by atoms with Crippen LogP contribution < -0.4 is 5.32 Å². The van der Waals surface area contributed by atoms with Crippen LogP contribution >= 0.6 is 0 Å². The molecule has 6 nitrogen and oxygen atoms in total. The van der Waals surface area contributed by atoms with Crippen molar-refractivity contribution >= 4 is 11.6 Å². The summed E-state index contributed by atoms with van der Waals surface area (Å²) in [5.74, 6) is -0.371. The summed E-state index contributed by atoms with van der Waals surface area (Å²) >= 11 is 0. The van der Waals surface area contributed by atoms with Crippen LogP contribution in [0.2, 0.25) is 0 Å². The number of alkyl halides is 3. The minimum atomic E-state index is -4.60. The zero-order valence-electron chi connectivity index (χ0n) is 15.3. The molecular formula is C21H14F3N5O. The van der Waals surface area contributed by atoms with E-state index in [2.05, 4.69) is 20.4 Å². The molecule has 150 valence electrons. The largest absolute Gasteiger partial charge is 0.433 e. The van der Waals surface area contributed by atoms with Gasteiger partial charge in [-0.1, -0.05) is 0 Å². The van der Waals surface area contributed by atoms with Crippen LogP contribution in [0.25, 0.3) is 16.9 Å². The van der Waals surface area contributed by atoms with E-state index in [-0.39, 0.29) is 17.3 Å². The van der Waals surface area contributed by atoms with Crippen molar-refractivity contribution < 1.29 is 18.0 Å². The lowest BCUT2D eigenvalue weighted by Gasteiger charge is -2.11. The third-order valence-electron chi connectivity index (χ3n) is 4.25. The van der Waals surface area contributed by atoms with Gasteiger partial charge in [-0.15, -0.1) is 0 Å². The Morgan fingerprint density at radius 3 is 2.23 bits per heavy atom. The number of aromatic nitrogens is 4. The van der Waals surface area contributed by atoms with Crippen LogP contribution in [0.1, 0.15) is 16.1 Å². The van der Waals surface area contributed by atoms with E-state index in [0.717, 1.165) is 10.7 Å². The van der Waals surface area contributed by atoms with Crippen molar-refractivity contribution in [3.05, 3.63) is 90.6 Å². The number of carbonyl (C=O) groups is 1. The Bertz CT molecular complexity index is 1160. The number of benzene rings is 1. The van der Waals surface area contributed by atoms with Gasteiger partial charge in [-0.2, -0.15) is 18.3 Å². The number of carbonyl (C=O) groups excluding carboxylic acids is 1. The third-order valence-corrected chi connectivity index (χ3v) is 4.25. The van der Waals surface area contributed by atoms with Crippen LogP contribution in [0.5, 0.6) is 0 Å². The van der Waals surface area contributed by atoms with Crippen molar-refractivity contribution in [3.8, 4) is 16.9 Å². The quantitative estimate of drug-likeness (QED) is 0.535. The van der Waals surface area contributed by atoms with Gasteiger partial charge in [-0.3, -0.25) is 14.8 Å². The number of amides is 1. The van der Waals surface area contributed by atoms with Crippen LogP contribution in [0.4, 0.5) is 18.9 Å². The molecule has 3 aromatic heterocycles. The lowest BCUT2D eigenvalue weighted by molar-refractivity contribution is -0.142. The average Bonchev–Trinajstić information content (AvgIpc) is 3.22. The fourth-order valence-electron chi connectivity index (χ4n) is 2.82. The number of hydrogen-bond acceptors (Lipinski definition) is 4. The van der Waals surface area contributed by atoms with Gasteiger partial charge in [0.15, 0.2) is 0 Å². The lowest BCUT2D eigenvalue weighted by Crippen LogP contribution is -2.14. The maximum atomic E-state index is 13.6. The van der Waals surface area contributed by atoms with Crippen LogP contribution in [-0.2, 0) is 6.18 Å². The zero-order chi connectivity index (χ0) is 21.1. The summed E-state index contributed by atoms with van der Waals surface area (Å²) in [5, 5.41) is 6.79. The monoisotopic (exact) mass is 409 g/mol. The third kappa shape index (κ3) is 4.04. The highest BCUT2D eigenvalue weighted by Gasteiger charge is 2.36. The number of pyridine rings is 2. The predicted molar refractivity (Wildman–Crippen MR) is 104 cm³/mol. The molecule has 0 spiro atoms. The zero-order valence-corrected chi connectivity index (χ0v) is 15.3. The smallest absolute Gasteiger partial charge is 0.322 e. The molecule has 30 heavy (non-hydrogen) atoms. The Morgan fingerprint density at radius 2 is 1.63 bits per heavy atom. The van der Waals surface area contributed by atoms with E-state index in [9.17, 15) is 18.0 Å². The van der Waals surface area contributed by atoms with Gasteiger partial charge < -0.3 is 5.32 Å². The van der Waals surface area contributed by atoms with E-state index in [4.69, 9.17) is 0 Å². The van der Waals surface area contributed by atoms with E-state index >= 15 is 0 Å². The van der Waals surface area contributed by atoms with Crippen LogP contribution in [0.15, 0.2) is 79.4 Å². The van der Waals surface area contributed by atoms with Gasteiger partial charge in [0.1, 0.15) is 5.69 Å². The first-order valence-corrected chi connectivity index (χ1v) is 8.81. The summed E-state index contributed by atoms with van der Waals surface area (Å²) in [6, 6.07) is 13.4. The van der Waals surface area contributed by atoms with Crippen molar-refractivity contribution in [3.63, 3.8) is 0 Å². The number of nitrogens with one attached hydrogen (secondary N) is 1. The maximum Gasteiger partial charge on any atom is 0.433 e. The molecule has 0 aliphatic heterocycles. The van der Waals surface area contributed by atoms with Gasteiger partial charge in [0, 0.05) is 36.0 Å². The molecule has 1 N–H and O–H groups in total. The molecule has 0 saturated heterocycles. The standard InChI is InChI=1S/C21H14F3N5O/c22-21(23,24)19-11-18(14-3-1-9-25-12-14)28-29(19)17-7-5-16(6-8-17)27-20(30)15-4-2-10-26-13-15/h1-13H,(H,27,30). The second-order valence-electron chi connectivity index (χ2n) is 6.31. The number of nitrogens with zero attached hydrogens (tertiary/aromatic N) is 4. The first-order valence-electron chi connectivity index (χ1n) is 8.81. The molecule has 3 heterocycles. The van der Waals surface area contributed by atoms with Gasteiger partial charge in [0.05, 0.1) is 16.9 Å². The van der Waals surface area contributed by atoms with E-state index < -0.39 is 11.9 Å². The molecule has 0 saturated carbocycles. The maximum absolute atomic E-state index is 13.6. The Kier molecular flexibility index (Phi) is 5.01. The SMILES string of the molecule is O=C(Nc1ccc(-n2nc(-c3cccnc3)cc2C(F)(F)F)cc1)c1cccnc1. The minimum Gasteiger partial charge on any atom is -0.322 e. The van der Waals surface area contributed by atoms with E-state index in [1.165, 1.54) is 42.9 Å². The Morgan fingerprint density at radius 1 is 0.933 bits per heavy atom. The fraction of sp³-hybridized carbons (Fsp3) is 0.0476. The molecule has 0 aliphatic rings. The summed E-state index contributed by atoms with van der Waals surface area (Å²) in [6.45, 7) is 0. The van der Waals surface area contributed by atoms with Crippen molar-refractivity contribution in [1.82, 2.24) is 19.7 Å². The van der Waals surface area contributed by atoms with Crippen molar-refractivity contribution in [1.29, 1.82) is 0 Å². The molecule has 4 aromatic rings. The van der Waals surface area contributed by atoms with Crippen molar-refractivity contribution in [2.45, 2.75) is 6.18 Å². The van der Waals surface area contributed by atoms with Crippen molar-refractivity contribution in [2.75, 3.05) is 5.32 Å². The Labute approximate surface area is 169 Å². The summed E-state index contributed by atoms with van der Waals surface area (Å²) in [6.07, 6.45) is 1.35. The molecule has 1 aromatic carbocycles. The molecule has 0 atom stereocenters. The molecule has 4 rings (SSSR count). The van der Waals surface area contributed by atoms with Gasteiger partial charge >= 0.3 is 6.18 Å². The van der Waals surface area contributed by atoms with E-state index in [1.807, 2.05) is 0 Å². The van der Waals surface area contributed by atoms with Crippen LogP contribution in [0, 0.1) is 0 Å². The number of hydrogen-bond donors (Lipinski definition) is 1. The highest BCUT2D eigenvalue weighted by molar-refractivity contribution is 6.04. The number of halogens is 3. The predicted octanol–water partition coefficient (Wildman–Crippen LogP) is 4.60. The topological polar surface area (TPSA) is 72.7 Å². The summed E-state index contributed by atoms with van der Waals surface area (Å²) in [5.41, 5.74) is 0.728. The minimum absolute atomic E-state index is 0.157. The highest BCUT2D eigenvalue weighted by atomic mass is 19.4. The first-order chi connectivity index (χ1) is 14.4. The van der Waals surface area contributed by atoms with Gasteiger partial charge in [-0.05, 0) is 54.6 Å². The molecule has 9 heteroatoms. The molecule has 0 unspecified atom stereocenters. The molecular weight excluding hydrogens is 395 g/mol. The van der Waals surface area contributed by atoms with Gasteiger partial charge in [0.2, 0.25) is 0 Å². The molecule has 0 aliphatic carbocycles. The second-order valence-corrected chi connectivity index (χ2v) is 6.31. The number of anilines is 1. The Hall–Kier alpha value is -4.01. The molecule has 0 radical (unpaired) electrons. The first kappa shape index (κ1) is 19.3. The molecule has 0 fully saturated rings. The summed E-state index contributed by atoms with van der Waals surface area (Å²) in [4.78, 5) is 20.0. The molecule has 1 amide bonds.